The number of halogens is 1. The highest BCUT2D eigenvalue weighted by atomic mass is 35.5. The van der Waals surface area contributed by atoms with Gasteiger partial charge in [0.2, 0.25) is 0 Å². The summed E-state index contributed by atoms with van der Waals surface area (Å²) in [6.45, 7) is 0. The maximum absolute atomic E-state index is 10.8. The van der Waals surface area contributed by atoms with Crippen LogP contribution in [0.5, 0.6) is 0 Å². The van der Waals surface area contributed by atoms with Gasteiger partial charge in [-0.25, -0.2) is 4.79 Å². The fraction of sp³-hybridized carbons (Fsp3) is 0.125. The molecule has 0 fully saturated rings. The lowest BCUT2D eigenvalue weighted by Crippen LogP contribution is -1.98. The van der Waals surface area contributed by atoms with Gasteiger partial charge in [0.15, 0.2) is 0 Å². The van der Waals surface area contributed by atoms with E-state index in [2.05, 4.69) is 4.74 Å². The van der Waals surface area contributed by atoms with Crippen LogP contribution >= 0.6 is 11.6 Å². The minimum atomic E-state index is -0.576. The van der Waals surface area contributed by atoms with Crippen LogP contribution in [0.25, 0.3) is 6.08 Å². The van der Waals surface area contributed by atoms with Crippen molar-refractivity contribution in [3.8, 4) is 0 Å². The molecule has 0 aliphatic carbocycles. The molecule has 0 amide bonds. The van der Waals surface area contributed by atoms with Gasteiger partial charge in [0.1, 0.15) is 10.8 Å². The van der Waals surface area contributed by atoms with Crippen molar-refractivity contribution in [2.24, 2.45) is 0 Å². The zero-order chi connectivity index (χ0) is 8.97. The number of carbonyl (C=O) groups is 1. The maximum Gasteiger partial charge on any atom is 0.349 e. The Morgan fingerprint density at radius 3 is 3.00 bits per heavy atom. The van der Waals surface area contributed by atoms with E-state index in [-0.39, 0.29) is 5.03 Å². The summed E-state index contributed by atoms with van der Waals surface area (Å²) in [5, 5.41) is -0.00699. The second kappa shape index (κ2) is 3.97. The minimum absolute atomic E-state index is 0.00699. The lowest BCUT2D eigenvalue weighted by molar-refractivity contribution is -0.135. The summed E-state index contributed by atoms with van der Waals surface area (Å²) < 4.78 is 9.31. The first-order chi connectivity index (χ1) is 5.74. The number of furan rings is 1. The predicted octanol–water partition coefficient (Wildman–Crippen LogP) is 2.03. The van der Waals surface area contributed by atoms with Crippen LogP contribution in [0.2, 0.25) is 0 Å². The van der Waals surface area contributed by atoms with E-state index in [1.807, 2.05) is 0 Å². The Bertz CT molecular complexity index is 287. The predicted molar refractivity (Wildman–Crippen MR) is 44.6 cm³/mol. The Morgan fingerprint density at radius 1 is 1.75 bits per heavy atom. The lowest BCUT2D eigenvalue weighted by Gasteiger charge is -1.93. The molecule has 0 aromatic carbocycles. The molecule has 0 N–H and O–H groups in total. The van der Waals surface area contributed by atoms with Crippen molar-refractivity contribution in [1.82, 2.24) is 0 Å². The summed E-state index contributed by atoms with van der Waals surface area (Å²) in [5.74, 6) is -0.0570. The first kappa shape index (κ1) is 8.87. The average molecular weight is 187 g/mol. The molecule has 0 aliphatic rings. The van der Waals surface area contributed by atoms with Gasteiger partial charge in [-0.1, -0.05) is 11.6 Å². The van der Waals surface area contributed by atoms with E-state index in [9.17, 15) is 4.79 Å². The van der Waals surface area contributed by atoms with Crippen LogP contribution in [0.3, 0.4) is 0 Å². The molecule has 12 heavy (non-hydrogen) atoms. The molecule has 0 bridgehead atoms. The summed E-state index contributed by atoms with van der Waals surface area (Å²) in [7, 11) is 1.26. The third-order valence-electron chi connectivity index (χ3n) is 1.19. The lowest BCUT2D eigenvalue weighted by atomic mass is 10.4. The largest absolute Gasteiger partial charge is 0.465 e. The molecule has 1 aromatic heterocycles. The molecule has 0 spiro atoms. The molecule has 0 radical (unpaired) electrons. The van der Waals surface area contributed by atoms with Gasteiger partial charge >= 0.3 is 5.97 Å². The summed E-state index contributed by atoms with van der Waals surface area (Å²) in [6.07, 6.45) is 2.89. The van der Waals surface area contributed by atoms with Crippen LogP contribution in [0.4, 0.5) is 0 Å². The molecular formula is C8H7ClO3. The molecule has 64 valence electrons. The van der Waals surface area contributed by atoms with Crippen LogP contribution in [0, 0.1) is 0 Å². The number of hydrogen-bond acceptors (Lipinski definition) is 3. The van der Waals surface area contributed by atoms with Crippen molar-refractivity contribution in [1.29, 1.82) is 0 Å². The van der Waals surface area contributed by atoms with Crippen molar-refractivity contribution in [2.75, 3.05) is 7.11 Å². The fourth-order valence-electron chi connectivity index (χ4n) is 0.655. The van der Waals surface area contributed by atoms with Crippen LogP contribution in [-0.2, 0) is 9.53 Å². The van der Waals surface area contributed by atoms with Gasteiger partial charge in [-0.15, -0.1) is 0 Å². The Balaban J connectivity index is 2.76. The van der Waals surface area contributed by atoms with Crippen LogP contribution < -0.4 is 0 Å². The normalized spacial score (nSPS) is 11.3. The van der Waals surface area contributed by atoms with E-state index in [4.69, 9.17) is 16.0 Å². The maximum atomic E-state index is 10.8. The van der Waals surface area contributed by atoms with Crippen molar-refractivity contribution < 1.29 is 13.9 Å². The van der Waals surface area contributed by atoms with Crippen molar-refractivity contribution in [2.45, 2.75) is 0 Å². The Hall–Kier alpha value is -1.22. The third-order valence-corrected chi connectivity index (χ3v) is 1.46. The van der Waals surface area contributed by atoms with Gasteiger partial charge in [0.25, 0.3) is 0 Å². The third kappa shape index (κ3) is 2.13. The molecule has 0 saturated heterocycles. The topological polar surface area (TPSA) is 39.4 Å². The number of rotatable bonds is 2. The zero-order valence-corrected chi connectivity index (χ0v) is 7.17. The Labute approximate surface area is 74.6 Å². The summed E-state index contributed by atoms with van der Waals surface area (Å²) >= 11 is 5.55. The quantitative estimate of drug-likeness (QED) is 0.524. The van der Waals surface area contributed by atoms with E-state index < -0.39 is 5.97 Å². The molecule has 1 rings (SSSR count). The SMILES string of the molecule is COC(=O)/C(Cl)=C\c1ccco1. The molecule has 1 heterocycles. The van der Waals surface area contributed by atoms with E-state index in [0.717, 1.165) is 0 Å². The first-order valence-corrected chi connectivity index (χ1v) is 3.61. The second-order valence-corrected chi connectivity index (χ2v) is 2.41. The smallest absolute Gasteiger partial charge is 0.349 e. The van der Waals surface area contributed by atoms with E-state index in [1.54, 1.807) is 12.1 Å². The Kier molecular flexibility index (Phi) is 2.94. The number of methoxy groups -OCH3 is 1. The Morgan fingerprint density at radius 2 is 2.50 bits per heavy atom. The zero-order valence-electron chi connectivity index (χ0n) is 6.41. The van der Waals surface area contributed by atoms with Crippen LogP contribution in [0.15, 0.2) is 27.8 Å². The van der Waals surface area contributed by atoms with Crippen LogP contribution in [-0.4, -0.2) is 13.1 Å². The summed E-state index contributed by atoms with van der Waals surface area (Å²) in [5.41, 5.74) is 0. The molecule has 0 saturated carbocycles. The summed E-state index contributed by atoms with van der Waals surface area (Å²) in [4.78, 5) is 10.8. The molecule has 3 nitrogen and oxygen atoms in total. The fourth-order valence-corrected chi connectivity index (χ4v) is 0.839. The molecule has 4 heteroatoms. The van der Waals surface area contributed by atoms with E-state index in [1.165, 1.54) is 19.4 Å². The summed E-state index contributed by atoms with van der Waals surface area (Å²) in [6, 6.07) is 3.39. The number of hydrogen-bond donors (Lipinski definition) is 0. The monoisotopic (exact) mass is 186 g/mol. The van der Waals surface area contributed by atoms with Crippen LogP contribution in [0.1, 0.15) is 5.76 Å². The highest BCUT2D eigenvalue weighted by Crippen LogP contribution is 2.11. The van der Waals surface area contributed by atoms with Gasteiger partial charge in [0, 0.05) is 6.08 Å². The standard InChI is InChI=1S/C8H7ClO3/c1-11-8(10)7(9)5-6-3-2-4-12-6/h2-5H,1H3/b7-5+. The number of ether oxygens (including phenoxy) is 1. The second-order valence-electron chi connectivity index (χ2n) is 2.00. The number of esters is 1. The number of carbonyl (C=O) groups excluding carboxylic acids is 1. The van der Waals surface area contributed by atoms with Gasteiger partial charge in [-0.05, 0) is 12.1 Å². The molecule has 0 aliphatic heterocycles. The molecule has 0 atom stereocenters. The average Bonchev–Trinajstić information content (AvgIpc) is 2.55. The highest BCUT2D eigenvalue weighted by molar-refractivity contribution is 6.43. The minimum Gasteiger partial charge on any atom is -0.465 e. The van der Waals surface area contributed by atoms with Gasteiger partial charge in [-0.3, -0.25) is 0 Å². The first-order valence-electron chi connectivity index (χ1n) is 3.23. The van der Waals surface area contributed by atoms with E-state index >= 15 is 0 Å². The molecule has 0 unspecified atom stereocenters. The van der Waals surface area contributed by atoms with Gasteiger partial charge in [0.05, 0.1) is 13.4 Å². The molecule has 1 aromatic rings. The van der Waals surface area contributed by atoms with Gasteiger partial charge < -0.3 is 9.15 Å². The van der Waals surface area contributed by atoms with Gasteiger partial charge in [-0.2, -0.15) is 0 Å². The highest BCUT2D eigenvalue weighted by Gasteiger charge is 2.05. The van der Waals surface area contributed by atoms with E-state index in [0.29, 0.717) is 5.76 Å². The molecular weight excluding hydrogens is 180 g/mol. The van der Waals surface area contributed by atoms with Crippen molar-refractivity contribution in [3.05, 3.63) is 29.2 Å². The van der Waals surface area contributed by atoms with Crippen molar-refractivity contribution in [3.63, 3.8) is 0 Å². The van der Waals surface area contributed by atoms with Crippen molar-refractivity contribution >= 4 is 23.6 Å².